The zero-order valence-electron chi connectivity index (χ0n) is 15.8. The van der Waals surface area contributed by atoms with Gasteiger partial charge in [-0.25, -0.2) is 13.2 Å². The number of fused-ring (bicyclic) bond motifs is 1. The fourth-order valence-electron chi connectivity index (χ4n) is 3.84. The van der Waals surface area contributed by atoms with E-state index in [9.17, 15) is 13.2 Å². The maximum Gasteiger partial charge on any atom is 0.322 e. The highest BCUT2D eigenvalue weighted by Crippen LogP contribution is 2.35. The first-order chi connectivity index (χ1) is 13.4. The Balaban J connectivity index is 1.51. The molecule has 0 unspecified atom stereocenters. The second-order valence-electron chi connectivity index (χ2n) is 7.12. The van der Waals surface area contributed by atoms with E-state index in [4.69, 9.17) is 0 Å². The second-order valence-corrected chi connectivity index (χ2v) is 9.03. The Bertz CT molecular complexity index is 1030. The number of amides is 2. The van der Waals surface area contributed by atoms with Crippen molar-refractivity contribution in [2.75, 3.05) is 35.5 Å². The minimum absolute atomic E-state index is 0.160. The Morgan fingerprint density at radius 3 is 2.57 bits per heavy atom. The molecule has 2 aromatic carbocycles. The van der Waals surface area contributed by atoms with Gasteiger partial charge >= 0.3 is 6.03 Å². The lowest BCUT2D eigenvalue weighted by molar-refractivity contribution is 0.217. The molecule has 2 aliphatic rings. The van der Waals surface area contributed by atoms with Crippen LogP contribution in [-0.4, -0.2) is 45.2 Å². The van der Waals surface area contributed by atoms with Crippen LogP contribution in [0.25, 0.3) is 5.57 Å². The van der Waals surface area contributed by atoms with Gasteiger partial charge in [-0.15, -0.1) is 0 Å². The third-order valence-corrected chi connectivity index (χ3v) is 6.39. The number of nitrogens with zero attached hydrogens (tertiary/aromatic N) is 2. The Hall–Kier alpha value is -2.80. The first-order valence-corrected chi connectivity index (χ1v) is 11.2. The van der Waals surface area contributed by atoms with Crippen molar-refractivity contribution in [1.29, 1.82) is 0 Å². The molecule has 28 heavy (non-hydrogen) atoms. The maximum absolute atomic E-state index is 12.9. The lowest BCUT2D eigenvalue weighted by atomic mass is 10.0. The summed E-state index contributed by atoms with van der Waals surface area (Å²) in [6.45, 7) is 1.62. The van der Waals surface area contributed by atoms with Crippen LogP contribution in [0.1, 0.15) is 17.5 Å². The average Bonchev–Trinajstić information content (AvgIpc) is 3.14. The summed E-state index contributed by atoms with van der Waals surface area (Å²) in [6, 6.07) is 15.3. The largest absolute Gasteiger partial charge is 0.322 e. The molecule has 1 N–H and O–H groups in total. The van der Waals surface area contributed by atoms with Crippen molar-refractivity contribution in [3.05, 3.63) is 65.7 Å². The van der Waals surface area contributed by atoms with Crippen molar-refractivity contribution in [3.63, 3.8) is 0 Å². The van der Waals surface area contributed by atoms with Crippen LogP contribution in [0.2, 0.25) is 0 Å². The van der Waals surface area contributed by atoms with Crippen molar-refractivity contribution in [2.45, 2.75) is 12.8 Å². The molecule has 2 heterocycles. The zero-order valence-corrected chi connectivity index (χ0v) is 16.6. The highest BCUT2D eigenvalue weighted by molar-refractivity contribution is 7.92. The van der Waals surface area contributed by atoms with E-state index in [1.807, 2.05) is 24.3 Å². The van der Waals surface area contributed by atoms with E-state index < -0.39 is 10.0 Å². The number of carbonyl (C=O) groups is 1. The van der Waals surface area contributed by atoms with Crippen LogP contribution < -0.4 is 9.62 Å². The molecule has 2 aromatic rings. The molecular weight excluding hydrogens is 374 g/mol. The van der Waals surface area contributed by atoms with Gasteiger partial charge in [0.25, 0.3) is 0 Å². The molecule has 7 heteroatoms. The third kappa shape index (κ3) is 3.62. The van der Waals surface area contributed by atoms with E-state index >= 15 is 0 Å². The number of hydrogen-bond donors (Lipinski definition) is 1. The predicted molar refractivity (Wildman–Crippen MR) is 112 cm³/mol. The van der Waals surface area contributed by atoms with Crippen LogP contribution in [0.3, 0.4) is 0 Å². The number of sulfonamides is 1. The van der Waals surface area contributed by atoms with Crippen molar-refractivity contribution in [2.24, 2.45) is 0 Å². The van der Waals surface area contributed by atoms with Gasteiger partial charge in [0.1, 0.15) is 0 Å². The normalized spacial score (nSPS) is 16.5. The number of benzene rings is 2. The second kappa shape index (κ2) is 7.31. The molecule has 0 fully saturated rings. The molecule has 6 nitrogen and oxygen atoms in total. The van der Waals surface area contributed by atoms with Gasteiger partial charge in [0.2, 0.25) is 10.0 Å². The molecule has 0 saturated heterocycles. The molecule has 4 rings (SSSR count). The molecule has 0 bridgehead atoms. The van der Waals surface area contributed by atoms with Gasteiger partial charge in [-0.1, -0.05) is 42.5 Å². The lowest BCUT2D eigenvalue weighted by Gasteiger charge is -2.28. The summed E-state index contributed by atoms with van der Waals surface area (Å²) in [7, 11) is -3.32. The summed E-state index contributed by atoms with van der Waals surface area (Å²) in [4.78, 5) is 14.7. The van der Waals surface area contributed by atoms with Gasteiger partial charge in [0, 0.05) is 30.9 Å². The number of nitrogens with one attached hydrogen (secondary N) is 1. The quantitative estimate of drug-likeness (QED) is 0.864. The Kier molecular flexibility index (Phi) is 4.85. The van der Waals surface area contributed by atoms with E-state index in [0.717, 1.165) is 23.1 Å². The molecule has 2 aliphatic heterocycles. The summed E-state index contributed by atoms with van der Waals surface area (Å²) in [5.74, 6) is 0. The fraction of sp³-hybridized carbons (Fsp3) is 0.286. The molecule has 0 aliphatic carbocycles. The summed E-state index contributed by atoms with van der Waals surface area (Å²) in [5.41, 5.74) is 4.48. The van der Waals surface area contributed by atoms with Crippen LogP contribution >= 0.6 is 0 Å². The monoisotopic (exact) mass is 397 g/mol. The summed E-state index contributed by atoms with van der Waals surface area (Å²) >= 11 is 0. The first kappa shape index (κ1) is 18.6. The molecule has 0 atom stereocenters. The van der Waals surface area contributed by atoms with Crippen molar-refractivity contribution in [1.82, 2.24) is 4.90 Å². The highest BCUT2D eigenvalue weighted by Gasteiger charge is 2.29. The topological polar surface area (TPSA) is 69.7 Å². The maximum atomic E-state index is 12.9. The van der Waals surface area contributed by atoms with Gasteiger partial charge in [0.15, 0.2) is 0 Å². The van der Waals surface area contributed by atoms with E-state index in [-0.39, 0.29) is 6.03 Å². The van der Waals surface area contributed by atoms with Crippen LogP contribution in [-0.2, 0) is 16.4 Å². The first-order valence-electron chi connectivity index (χ1n) is 9.33. The number of rotatable bonds is 3. The average molecular weight is 398 g/mol. The van der Waals surface area contributed by atoms with Crippen LogP contribution in [0.5, 0.6) is 0 Å². The van der Waals surface area contributed by atoms with Crippen molar-refractivity contribution < 1.29 is 13.2 Å². The smallest absolute Gasteiger partial charge is 0.320 e. The molecule has 0 radical (unpaired) electrons. The van der Waals surface area contributed by atoms with Crippen LogP contribution in [0.4, 0.5) is 16.2 Å². The van der Waals surface area contributed by atoms with Gasteiger partial charge in [-0.05, 0) is 36.1 Å². The molecule has 0 aromatic heterocycles. The van der Waals surface area contributed by atoms with Crippen LogP contribution in [0.15, 0.2) is 54.6 Å². The standard InChI is InChI=1S/C21H23N3O3S/c1-28(26,27)24-14-12-18-19(10-5-11-20(18)24)22-21(25)23-13-6-9-17(15-23)16-7-3-2-4-8-16/h2-5,7-11H,6,12-15H2,1H3,(H,22,25). The Morgan fingerprint density at radius 1 is 1.04 bits per heavy atom. The summed E-state index contributed by atoms with van der Waals surface area (Å²) < 4.78 is 25.3. The van der Waals surface area contributed by atoms with Gasteiger partial charge in [-0.3, -0.25) is 4.31 Å². The molecule has 0 saturated carbocycles. The summed E-state index contributed by atoms with van der Waals surface area (Å²) in [5, 5.41) is 2.99. The predicted octanol–water partition coefficient (Wildman–Crippen LogP) is 3.33. The third-order valence-electron chi connectivity index (χ3n) is 5.21. The zero-order chi connectivity index (χ0) is 19.7. The van der Waals surface area contributed by atoms with E-state index in [1.54, 1.807) is 17.0 Å². The number of urea groups is 1. The molecular formula is C21H23N3O3S. The van der Waals surface area contributed by atoms with E-state index in [0.29, 0.717) is 37.4 Å². The van der Waals surface area contributed by atoms with Crippen molar-refractivity contribution >= 4 is 33.0 Å². The lowest BCUT2D eigenvalue weighted by Crippen LogP contribution is -2.38. The minimum Gasteiger partial charge on any atom is -0.320 e. The summed E-state index contributed by atoms with van der Waals surface area (Å²) in [6.07, 6.45) is 4.79. The van der Waals surface area contributed by atoms with E-state index in [2.05, 4.69) is 23.5 Å². The van der Waals surface area contributed by atoms with Gasteiger partial charge in [-0.2, -0.15) is 0 Å². The minimum atomic E-state index is -3.32. The SMILES string of the molecule is CS(=O)(=O)N1CCc2c(NC(=O)N3CCC=C(c4ccccc4)C3)cccc21. The van der Waals surface area contributed by atoms with E-state index in [1.165, 1.54) is 10.6 Å². The number of carbonyl (C=O) groups excluding carboxylic acids is 1. The number of hydrogen-bond acceptors (Lipinski definition) is 3. The Morgan fingerprint density at radius 2 is 1.82 bits per heavy atom. The molecule has 0 spiro atoms. The Labute approximate surface area is 165 Å². The van der Waals surface area contributed by atoms with Crippen molar-refractivity contribution in [3.8, 4) is 0 Å². The van der Waals surface area contributed by atoms with Gasteiger partial charge < -0.3 is 10.2 Å². The fourth-order valence-corrected chi connectivity index (χ4v) is 4.79. The van der Waals surface area contributed by atoms with Crippen LogP contribution in [0, 0.1) is 0 Å². The molecule has 2 amide bonds. The number of anilines is 2. The van der Waals surface area contributed by atoms with Gasteiger partial charge in [0.05, 0.1) is 11.9 Å². The highest BCUT2D eigenvalue weighted by atomic mass is 32.2. The molecule has 146 valence electrons.